The lowest BCUT2D eigenvalue weighted by Gasteiger charge is -2.32. The van der Waals surface area contributed by atoms with Gasteiger partial charge in [-0.05, 0) is 93.1 Å². The fourth-order valence-corrected chi connectivity index (χ4v) is 6.71. The number of amides is 1. The highest BCUT2D eigenvalue weighted by Gasteiger charge is 2.62. The first kappa shape index (κ1) is 43.8. The number of ether oxygens (including phenoxy) is 4. The van der Waals surface area contributed by atoms with Crippen LogP contribution in [0.3, 0.4) is 0 Å². The van der Waals surface area contributed by atoms with Gasteiger partial charge in [-0.25, -0.2) is 19.2 Å². The van der Waals surface area contributed by atoms with E-state index in [-0.39, 0.29) is 35.2 Å². The molecule has 0 radical (unpaired) electrons. The predicted molar refractivity (Wildman–Crippen MR) is 225 cm³/mol. The molecule has 1 N–H and O–H groups in total. The minimum Gasteiger partial charge on any atom is -0.459 e. The summed E-state index contributed by atoms with van der Waals surface area (Å²) in [5, 5.41) is 2.75. The number of esters is 4. The van der Waals surface area contributed by atoms with Crippen LogP contribution in [-0.2, 0) is 23.7 Å². The van der Waals surface area contributed by atoms with Gasteiger partial charge in [0.05, 0.1) is 16.7 Å². The number of cyclic esters (lactones) is 1. The molecule has 4 atom stereocenters. The van der Waals surface area contributed by atoms with E-state index in [0.29, 0.717) is 5.56 Å². The molecule has 4 aromatic carbocycles. The van der Waals surface area contributed by atoms with Gasteiger partial charge in [0.15, 0.2) is 6.10 Å². The lowest BCUT2D eigenvalue weighted by atomic mass is 9.90. The molecule has 0 aromatic heterocycles. The number of carbonyl (C=O) groups is 5. The second-order valence-corrected chi connectivity index (χ2v) is 14.4. The summed E-state index contributed by atoms with van der Waals surface area (Å²) >= 11 is 0. The predicted octanol–water partition coefficient (Wildman–Crippen LogP) is 9.42. The van der Waals surface area contributed by atoms with Crippen LogP contribution in [0.2, 0.25) is 0 Å². The number of nitrogens with one attached hydrogen (secondary N) is 1. The Kier molecular flexibility index (Phi) is 17.2. The van der Waals surface area contributed by atoms with Crippen LogP contribution in [0.5, 0.6) is 0 Å². The minimum atomic E-state index is -2.06. The van der Waals surface area contributed by atoms with Crippen LogP contribution in [0.25, 0.3) is 0 Å². The van der Waals surface area contributed by atoms with Gasteiger partial charge in [0, 0.05) is 12.0 Å². The van der Waals surface area contributed by atoms with Crippen LogP contribution in [-0.4, -0.2) is 60.2 Å². The maximum absolute atomic E-state index is 14.0. The van der Waals surface area contributed by atoms with Crippen molar-refractivity contribution in [3.05, 3.63) is 168 Å². The quantitative estimate of drug-likeness (QED) is 0.0357. The van der Waals surface area contributed by atoms with E-state index in [1.165, 1.54) is 0 Å². The van der Waals surface area contributed by atoms with Gasteiger partial charge >= 0.3 is 23.9 Å². The highest BCUT2D eigenvalue weighted by atomic mass is 16.6. The van der Waals surface area contributed by atoms with Gasteiger partial charge in [-0.3, -0.25) is 4.79 Å². The molecule has 10 heteroatoms. The number of hydrogen-bond acceptors (Lipinski definition) is 9. The molecule has 5 rings (SSSR count). The molecule has 4 aromatic rings. The van der Waals surface area contributed by atoms with E-state index in [9.17, 15) is 24.0 Å². The number of hydrogen-bond donors (Lipinski definition) is 1. The van der Waals surface area contributed by atoms with Crippen molar-refractivity contribution < 1.29 is 42.9 Å². The molecule has 308 valence electrons. The standard InChI is InChI=1S/C49H53NO9/c1-2-3-4-22-33-41(57-46(53)39-29-18-12-19-30-39)34-23-8-6-5-7-9-24-35-42-43(59-47(54)40-31-20-13-21-32-40)49(48(55)58-42,50-44(51)37-25-14-10-15-26-37)36-56-45(52)38-27-16-11-17-28-38/h9-21,23-32,34,41-43H,2-8,22,33,35-36H2,1H3,(H,50,51)/b24-9+,34-23+/t41-,42-,43+,49+/m1/s1. The second kappa shape index (κ2) is 23.2. The molecule has 1 aliphatic rings. The second-order valence-electron chi connectivity index (χ2n) is 14.4. The van der Waals surface area contributed by atoms with Crippen molar-refractivity contribution in [3.63, 3.8) is 0 Å². The highest BCUT2D eigenvalue weighted by molar-refractivity contribution is 6.00. The summed E-state index contributed by atoms with van der Waals surface area (Å²) in [6.07, 6.45) is 13.9. The first-order valence-corrected chi connectivity index (χ1v) is 20.4. The number of benzene rings is 4. The van der Waals surface area contributed by atoms with Gasteiger partial charge in [-0.1, -0.05) is 117 Å². The average molecular weight is 800 g/mol. The number of allylic oxidation sites excluding steroid dienone is 2. The Morgan fingerprint density at radius 2 is 1.20 bits per heavy atom. The number of rotatable bonds is 22. The molecule has 10 nitrogen and oxygen atoms in total. The van der Waals surface area contributed by atoms with Crippen molar-refractivity contribution in [3.8, 4) is 0 Å². The minimum absolute atomic E-state index is 0.167. The van der Waals surface area contributed by atoms with Gasteiger partial charge in [-0.15, -0.1) is 0 Å². The highest BCUT2D eigenvalue weighted by Crippen LogP contribution is 2.34. The van der Waals surface area contributed by atoms with Crippen LogP contribution >= 0.6 is 0 Å². The molecule has 1 fully saturated rings. The zero-order valence-corrected chi connectivity index (χ0v) is 33.5. The van der Waals surface area contributed by atoms with E-state index in [1.807, 2.05) is 36.4 Å². The van der Waals surface area contributed by atoms with Crippen molar-refractivity contribution >= 4 is 29.8 Å². The molecule has 0 saturated carbocycles. The fraction of sp³-hybridized carbons (Fsp3) is 0.327. The number of carbonyl (C=O) groups excluding carboxylic acids is 5. The molecule has 0 aliphatic carbocycles. The SMILES string of the molecule is CCCCCC[C@H](/C=C/CCCC/C=C/C[C@H]1OC(=O)[C@@](COC(=O)c2ccccc2)(NC(=O)c2ccccc2)[C@H]1OC(=O)c1ccccc1)OC(=O)c1ccccc1. The Labute approximate surface area is 346 Å². The van der Waals surface area contributed by atoms with Crippen LogP contribution in [0, 0.1) is 0 Å². The number of unbranched alkanes of at least 4 members (excludes halogenated alkanes) is 6. The fourth-order valence-electron chi connectivity index (χ4n) is 6.71. The molecule has 1 saturated heterocycles. The van der Waals surface area contributed by atoms with Crippen LogP contribution in [0.1, 0.15) is 113 Å². The van der Waals surface area contributed by atoms with Gasteiger partial charge in [0.2, 0.25) is 5.54 Å². The molecular formula is C49H53NO9. The summed E-state index contributed by atoms with van der Waals surface area (Å²) in [6.45, 7) is 1.52. The topological polar surface area (TPSA) is 134 Å². The summed E-state index contributed by atoms with van der Waals surface area (Å²) in [6, 6.07) is 33.8. The van der Waals surface area contributed by atoms with Crippen molar-refractivity contribution in [2.24, 2.45) is 0 Å². The van der Waals surface area contributed by atoms with Gasteiger partial charge < -0.3 is 24.3 Å². The Bertz CT molecular complexity index is 2000. The monoisotopic (exact) mass is 799 g/mol. The van der Waals surface area contributed by atoms with Crippen molar-refractivity contribution in [1.82, 2.24) is 5.32 Å². The van der Waals surface area contributed by atoms with Crippen molar-refractivity contribution in [2.75, 3.05) is 6.61 Å². The van der Waals surface area contributed by atoms with Gasteiger partial charge in [0.25, 0.3) is 5.91 Å². The van der Waals surface area contributed by atoms with E-state index >= 15 is 0 Å². The molecule has 0 unspecified atom stereocenters. The molecule has 1 heterocycles. The smallest absolute Gasteiger partial charge is 0.340 e. The van der Waals surface area contributed by atoms with E-state index in [2.05, 4.69) is 18.3 Å². The zero-order chi connectivity index (χ0) is 41.7. The Hall–Kier alpha value is -6.29. The molecule has 1 amide bonds. The molecular weight excluding hydrogens is 747 g/mol. The zero-order valence-electron chi connectivity index (χ0n) is 33.5. The summed E-state index contributed by atoms with van der Waals surface area (Å²) in [5.74, 6) is -3.32. The summed E-state index contributed by atoms with van der Waals surface area (Å²) in [7, 11) is 0. The molecule has 0 bridgehead atoms. The maximum Gasteiger partial charge on any atom is 0.340 e. The van der Waals surface area contributed by atoms with Crippen LogP contribution < -0.4 is 5.32 Å². The van der Waals surface area contributed by atoms with E-state index in [1.54, 1.807) is 103 Å². The summed E-state index contributed by atoms with van der Waals surface area (Å²) in [5.41, 5.74) is -0.804. The summed E-state index contributed by atoms with van der Waals surface area (Å²) < 4.78 is 23.4. The lowest BCUT2D eigenvalue weighted by Crippen LogP contribution is -2.63. The van der Waals surface area contributed by atoms with Gasteiger partial charge in [-0.2, -0.15) is 0 Å². The van der Waals surface area contributed by atoms with Crippen molar-refractivity contribution in [1.29, 1.82) is 0 Å². The first-order chi connectivity index (χ1) is 28.8. The Morgan fingerprint density at radius 3 is 1.80 bits per heavy atom. The van der Waals surface area contributed by atoms with E-state index in [0.717, 1.165) is 57.8 Å². The average Bonchev–Trinajstić information content (AvgIpc) is 3.52. The normalized spacial score (nSPS) is 17.9. The molecule has 59 heavy (non-hydrogen) atoms. The van der Waals surface area contributed by atoms with Crippen LogP contribution in [0.15, 0.2) is 146 Å². The molecule has 1 aliphatic heterocycles. The Morgan fingerprint density at radius 1 is 0.661 bits per heavy atom. The molecule has 0 spiro atoms. The Balaban J connectivity index is 1.24. The van der Waals surface area contributed by atoms with Crippen molar-refractivity contribution in [2.45, 2.75) is 95.0 Å². The lowest BCUT2D eigenvalue weighted by molar-refractivity contribution is -0.147. The third-order valence-electron chi connectivity index (χ3n) is 9.99. The van der Waals surface area contributed by atoms with Crippen LogP contribution in [0.4, 0.5) is 0 Å². The largest absolute Gasteiger partial charge is 0.459 e. The van der Waals surface area contributed by atoms with E-state index in [4.69, 9.17) is 18.9 Å². The van der Waals surface area contributed by atoms with Gasteiger partial charge in [0.1, 0.15) is 18.8 Å². The third kappa shape index (κ3) is 13.1. The summed E-state index contributed by atoms with van der Waals surface area (Å²) in [4.78, 5) is 67.0. The first-order valence-electron chi connectivity index (χ1n) is 20.4. The van der Waals surface area contributed by atoms with E-state index < -0.39 is 48.2 Å². The maximum atomic E-state index is 14.0. The third-order valence-corrected chi connectivity index (χ3v) is 9.99.